The highest BCUT2D eigenvalue weighted by Crippen LogP contribution is 2.09. The van der Waals surface area contributed by atoms with E-state index in [0.29, 0.717) is 0 Å². The van der Waals surface area contributed by atoms with Crippen LogP contribution in [0.5, 0.6) is 0 Å². The molecule has 0 saturated heterocycles. The summed E-state index contributed by atoms with van der Waals surface area (Å²) in [5.74, 6) is -1.93. The van der Waals surface area contributed by atoms with E-state index < -0.39 is 17.9 Å². The van der Waals surface area contributed by atoms with E-state index in [4.69, 9.17) is 5.11 Å². The third-order valence-electron chi connectivity index (χ3n) is 2.27. The van der Waals surface area contributed by atoms with Crippen molar-refractivity contribution in [3.05, 3.63) is 35.4 Å². The second kappa shape index (κ2) is 5.25. The van der Waals surface area contributed by atoms with Crippen molar-refractivity contribution < 1.29 is 19.5 Å². The summed E-state index contributed by atoms with van der Waals surface area (Å²) in [4.78, 5) is 33.7. The molecule has 2 N–H and O–H groups in total. The van der Waals surface area contributed by atoms with Crippen molar-refractivity contribution in [2.75, 3.05) is 0 Å². The van der Waals surface area contributed by atoms with Crippen LogP contribution in [0.1, 0.15) is 34.6 Å². The van der Waals surface area contributed by atoms with Crippen LogP contribution in [0.4, 0.5) is 0 Å². The average Bonchev–Trinajstić information content (AvgIpc) is 2.28. The minimum absolute atomic E-state index is 0.188. The van der Waals surface area contributed by atoms with Crippen LogP contribution in [0.3, 0.4) is 0 Å². The number of rotatable bonds is 4. The molecule has 0 aliphatic rings. The minimum Gasteiger partial charge on any atom is -0.480 e. The number of benzene rings is 1. The van der Waals surface area contributed by atoms with Crippen LogP contribution in [0, 0.1) is 0 Å². The van der Waals surface area contributed by atoms with Gasteiger partial charge < -0.3 is 10.4 Å². The maximum absolute atomic E-state index is 11.8. The first-order valence-corrected chi connectivity index (χ1v) is 5.07. The van der Waals surface area contributed by atoms with Crippen molar-refractivity contribution in [3.63, 3.8) is 0 Å². The van der Waals surface area contributed by atoms with Gasteiger partial charge in [-0.1, -0.05) is 18.2 Å². The summed E-state index contributed by atoms with van der Waals surface area (Å²) in [5, 5.41) is 11.0. The zero-order valence-electron chi connectivity index (χ0n) is 9.56. The van der Waals surface area contributed by atoms with E-state index in [1.54, 1.807) is 12.1 Å². The highest BCUT2D eigenvalue weighted by Gasteiger charge is 2.18. The predicted molar refractivity (Wildman–Crippen MR) is 61.0 cm³/mol. The van der Waals surface area contributed by atoms with E-state index in [-0.39, 0.29) is 16.9 Å². The fraction of sp³-hybridized carbons (Fsp3) is 0.250. The van der Waals surface area contributed by atoms with Gasteiger partial charge in [-0.05, 0) is 19.9 Å². The zero-order chi connectivity index (χ0) is 13.0. The van der Waals surface area contributed by atoms with Gasteiger partial charge in [0, 0.05) is 5.56 Å². The first kappa shape index (κ1) is 12.9. The third kappa shape index (κ3) is 3.14. The lowest BCUT2D eigenvalue weighted by Gasteiger charge is -2.11. The molecule has 1 amide bonds. The average molecular weight is 235 g/mol. The molecule has 0 aromatic heterocycles. The zero-order valence-corrected chi connectivity index (χ0v) is 9.56. The molecule has 17 heavy (non-hydrogen) atoms. The molecule has 0 saturated carbocycles. The molecule has 5 nitrogen and oxygen atoms in total. The van der Waals surface area contributed by atoms with E-state index in [1.807, 2.05) is 0 Å². The molecule has 90 valence electrons. The summed E-state index contributed by atoms with van der Waals surface area (Å²) in [7, 11) is 0. The van der Waals surface area contributed by atoms with Crippen LogP contribution in [0.25, 0.3) is 0 Å². The van der Waals surface area contributed by atoms with Crippen LogP contribution in [0.2, 0.25) is 0 Å². The van der Waals surface area contributed by atoms with Crippen LogP contribution < -0.4 is 5.32 Å². The molecule has 0 radical (unpaired) electrons. The number of hydrogen-bond acceptors (Lipinski definition) is 3. The molecule has 0 aliphatic carbocycles. The lowest BCUT2D eigenvalue weighted by Crippen LogP contribution is -2.38. The van der Waals surface area contributed by atoms with Crippen molar-refractivity contribution in [3.8, 4) is 0 Å². The Morgan fingerprint density at radius 3 is 2.18 bits per heavy atom. The number of carboxylic acid groups (broad SMARTS) is 1. The number of carbonyl (C=O) groups excluding carboxylic acids is 2. The summed E-state index contributed by atoms with van der Waals surface area (Å²) < 4.78 is 0. The molecule has 0 bridgehead atoms. The smallest absolute Gasteiger partial charge is 0.325 e. The number of aliphatic carboxylic acids is 1. The molecule has 1 atom stereocenters. The predicted octanol–water partition coefficient (Wildman–Crippen LogP) is 1.09. The highest BCUT2D eigenvalue weighted by atomic mass is 16.4. The molecule has 0 aliphatic heterocycles. The van der Waals surface area contributed by atoms with Crippen LogP contribution in [-0.4, -0.2) is 28.8 Å². The second-order valence-corrected chi connectivity index (χ2v) is 3.64. The summed E-state index contributed by atoms with van der Waals surface area (Å²) in [6, 6.07) is 5.28. The number of carboxylic acids is 1. The standard InChI is InChI=1S/C12H13NO4/c1-7(12(16)17)13-11(15)10-6-4-3-5-9(10)8(2)14/h3-7H,1-2H3,(H,13,15)(H,16,17)/t7-/m0/s1. The Kier molecular flexibility index (Phi) is 3.98. The maximum atomic E-state index is 11.8. The summed E-state index contributed by atoms with van der Waals surface area (Å²) in [6.45, 7) is 2.71. The van der Waals surface area contributed by atoms with Crippen LogP contribution >= 0.6 is 0 Å². The fourth-order valence-electron chi connectivity index (χ4n) is 1.32. The van der Waals surface area contributed by atoms with Crippen molar-refractivity contribution in [2.24, 2.45) is 0 Å². The number of hydrogen-bond donors (Lipinski definition) is 2. The highest BCUT2D eigenvalue weighted by molar-refractivity contribution is 6.07. The van der Waals surface area contributed by atoms with E-state index in [9.17, 15) is 14.4 Å². The number of ketones is 1. The molecule has 0 heterocycles. The van der Waals surface area contributed by atoms with Gasteiger partial charge in [0.2, 0.25) is 0 Å². The lowest BCUT2D eigenvalue weighted by molar-refractivity contribution is -0.138. The van der Waals surface area contributed by atoms with E-state index >= 15 is 0 Å². The Hall–Kier alpha value is -2.17. The largest absolute Gasteiger partial charge is 0.480 e. The topological polar surface area (TPSA) is 83.5 Å². The van der Waals surface area contributed by atoms with Gasteiger partial charge in [-0.25, -0.2) is 0 Å². The molecule has 1 aromatic carbocycles. The molecular formula is C12H13NO4. The Labute approximate surface area is 98.4 Å². The van der Waals surface area contributed by atoms with Crippen LogP contribution in [-0.2, 0) is 4.79 Å². The van der Waals surface area contributed by atoms with Gasteiger partial charge in [-0.2, -0.15) is 0 Å². The van der Waals surface area contributed by atoms with Gasteiger partial charge >= 0.3 is 5.97 Å². The molecule has 0 fully saturated rings. The van der Waals surface area contributed by atoms with Crippen molar-refractivity contribution in [1.29, 1.82) is 0 Å². The van der Waals surface area contributed by atoms with Crippen molar-refractivity contribution in [2.45, 2.75) is 19.9 Å². The van der Waals surface area contributed by atoms with Gasteiger partial charge in [-0.3, -0.25) is 14.4 Å². The van der Waals surface area contributed by atoms with Gasteiger partial charge in [0.1, 0.15) is 6.04 Å². The van der Waals surface area contributed by atoms with Crippen LogP contribution in [0.15, 0.2) is 24.3 Å². The van der Waals surface area contributed by atoms with Gasteiger partial charge in [0.05, 0.1) is 5.56 Å². The Morgan fingerprint density at radius 2 is 1.71 bits per heavy atom. The quantitative estimate of drug-likeness (QED) is 0.765. The van der Waals surface area contributed by atoms with Crippen molar-refractivity contribution in [1.82, 2.24) is 5.32 Å². The number of nitrogens with one attached hydrogen (secondary N) is 1. The van der Waals surface area contributed by atoms with Gasteiger partial charge in [-0.15, -0.1) is 0 Å². The molecule has 1 rings (SSSR count). The van der Waals surface area contributed by atoms with Gasteiger partial charge in [0.15, 0.2) is 5.78 Å². The summed E-state index contributed by atoms with van der Waals surface area (Å²) in [6.07, 6.45) is 0. The van der Waals surface area contributed by atoms with E-state index in [0.717, 1.165) is 0 Å². The second-order valence-electron chi connectivity index (χ2n) is 3.64. The maximum Gasteiger partial charge on any atom is 0.325 e. The molecule has 0 spiro atoms. The third-order valence-corrected chi connectivity index (χ3v) is 2.27. The minimum atomic E-state index is -1.13. The first-order valence-electron chi connectivity index (χ1n) is 5.07. The SMILES string of the molecule is CC(=O)c1ccccc1C(=O)N[C@@H](C)C(=O)O. The molecule has 1 aromatic rings. The Morgan fingerprint density at radius 1 is 1.18 bits per heavy atom. The Balaban J connectivity index is 2.97. The number of amides is 1. The van der Waals surface area contributed by atoms with Crippen molar-refractivity contribution >= 4 is 17.7 Å². The number of Topliss-reactive ketones (excluding diaryl/α,β-unsaturated/α-hetero) is 1. The molecule has 0 unspecified atom stereocenters. The molecule has 5 heteroatoms. The summed E-state index contributed by atoms with van der Waals surface area (Å²) >= 11 is 0. The first-order chi connectivity index (χ1) is 7.93. The normalized spacial score (nSPS) is 11.6. The van der Waals surface area contributed by atoms with E-state index in [1.165, 1.54) is 26.0 Å². The number of carbonyl (C=O) groups is 3. The van der Waals surface area contributed by atoms with E-state index in [2.05, 4.69) is 5.32 Å². The Bertz CT molecular complexity index is 467. The summed E-state index contributed by atoms with van der Waals surface area (Å²) in [5.41, 5.74) is 0.468. The lowest BCUT2D eigenvalue weighted by atomic mass is 10.0. The monoisotopic (exact) mass is 235 g/mol. The fourth-order valence-corrected chi connectivity index (χ4v) is 1.32. The van der Waals surface area contributed by atoms with Gasteiger partial charge in [0.25, 0.3) is 5.91 Å². The molecular weight excluding hydrogens is 222 g/mol.